The number of hydrogen-bond acceptors (Lipinski definition) is 2. The molecule has 0 bridgehead atoms. The molecule has 4 saturated carbocycles. The van der Waals surface area contributed by atoms with Crippen LogP contribution in [0.4, 0.5) is 0 Å². The van der Waals surface area contributed by atoms with E-state index < -0.39 is 0 Å². The van der Waals surface area contributed by atoms with E-state index in [1.165, 1.54) is 38.6 Å². The maximum Gasteiger partial charge on any atom is 0.00982 e. The minimum absolute atomic E-state index is 0.658. The van der Waals surface area contributed by atoms with E-state index >= 15 is 0 Å². The number of rotatable bonds is 1. The Balaban J connectivity index is 1.41. The van der Waals surface area contributed by atoms with Crippen LogP contribution in [0.5, 0.6) is 0 Å². The van der Waals surface area contributed by atoms with Crippen molar-refractivity contribution in [3.8, 4) is 0 Å². The van der Waals surface area contributed by atoms with Gasteiger partial charge in [-0.3, -0.25) is 0 Å². The largest absolute Gasteiger partial charge is 0.306 e. The lowest BCUT2D eigenvalue weighted by Gasteiger charge is -2.61. The van der Waals surface area contributed by atoms with Crippen molar-refractivity contribution in [3.05, 3.63) is 0 Å². The van der Waals surface area contributed by atoms with E-state index in [2.05, 4.69) is 44.8 Å². The number of fused-ring (bicyclic) bond motifs is 4. The molecule has 1 unspecified atom stereocenters. The molecule has 9 atom stereocenters. The molecule has 2 nitrogen and oxygen atoms in total. The topological polar surface area (TPSA) is 6.48 Å². The minimum atomic E-state index is 0.658. The van der Waals surface area contributed by atoms with E-state index in [4.69, 9.17) is 0 Å². The van der Waals surface area contributed by atoms with Gasteiger partial charge in [0.05, 0.1) is 0 Å². The lowest BCUT2D eigenvalue weighted by atomic mass is 9.44. The van der Waals surface area contributed by atoms with Gasteiger partial charge in [0.15, 0.2) is 0 Å². The Morgan fingerprint density at radius 1 is 0.885 bits per heavy atom. The summed E-state index contributed by atoms with van der Waals surface area (Å²) in [6, 6.07) is 1.68. The second-order valence-electron chi connectivity index (χ2n) is 11.7. The molecule has 0 amide bonds. The highest BCUT2D eigenvalue weighted by atomic mass is 15.2. The summed E-state index contributed by atoms with van der Waals surface area (Å²) in [4.78, 5) is 5.23. The third-order valence-corrected chi connectivity index (χ3v) is 11.0. The van der Waals surface area contributed by atoms with E-state index in [0.29, 0.717) is 10.8 Å². The average molecular weight is 359 g/mol. The summed E-state index contributed by atoms with van der Waals surface area (Å²) in [5.74, 6) is 5.17. The molecule has 0 N–H and O–H groups in total. The second kappa shape index (κ2) is 5.96. The molecular formula is C24H42N2. The third-order valence-electron chi connectivity index (χ3n) is 11.0. The van der Waals surface area contributed by atoms with Crippen LogP contribution >= 0.6 is 0 Å². The quantitative estimate of drug-likeness (QED) is 0.658. The summed E-state index contributed by atoms with van der Waals surface area (Å²) in [6.07, 6.45) is 13.7. The third kappa shape index (κ3) is 2.24. The van der Waals surface area contributed by atoms with E-state index in [-0.39, 0.29) is 0 Å². The van der Waals surface area contributed by atoms with E-state index in [9.17, 15) is 0 Å². The van der Waals surface area contributed by atoms with Crippen molar-refractivity contribution < 1.29 is 0 Å². The molecule has 4 aliphatic carbocycles. The van der Waals surface area contributed by atoms with Crippen LogP contribution in [-0.4, -0.2) is 49.6 Å². The van der Waals surface area contributed by atoms with E-state index in [0.717, 1.165) is 41.7 Å². The molecule has 1 spiro atoms. The first-order valence-electron chi connectivity index (χ1n) is 11.7. The molecule has 5 fully saturated rings. The highest BCUT2D eigenvalue weighted by Gasteiger charge is 2.64. The van der Waals surface area contributed by atoms with Gasteiger partial charge in [0.25, 0.3) is 0 Å². The monoisotopic (exact) mass is 358 g/mol. The zero-order valence-electron chi connectivity index (χ0n) is 18.0. The number of hydrogen-bond donors (Lipinski definition) is 0. The first-order chi connectivity index (χ1) is 12.4. The van der Waals surface area contributed by atoms with Gasteiger partial charge in [0.2, 0.25) is 0 Å². The van der Waals surface area contributed by atoms with Gasteiger partial charge in [-0.1, -0.05) is 6.92 Å². The van der Waals surface area contributed by atoms with Crippen molar-refractivity contribution in [2.75, 3.05) is 27.7 Å². The van der Waals surface area contributed by atoms with Gasteiger partial charge in [-0.05, 0) is 126 Å². The van der Waals surface area contributed by atoms with Crippen LogP contribution in [0.3, 0.4) is 0 Å². The Morgan fingerprint density at radius 2 is 1.65 bits per heavy atom. The lowest BCUT2D eigenvalue weighted by molar-refractivity contribution is -0.118. The summed E-state index contributed by atoms with van der Waals surface area (Å²) >= 11 is 0. The molecule has 5 rings (SSSR count). The van der Waals surface area contributed by atoms with Crippen LogP contribution in [0.15, 0.2) is 0 Å². The molecule has 1 heterocycles. The zero-order valence-corrected chi connectivity index (χ0v) is 18.0. The first kappa shape index (κ1) is 18.0. The van der Waals surface area contributed by atoms with Crippen LogP contribution in [0, 0.1) is 40.4 Å². The van der Waals surface area contributed by atoms with Gasteiger partial charge in [0, 0.05) is 18.6 Å². The van der Waals surface area contributed by atoms with Gasteiger partial charge >= 0.3 is 0 Å². The Labute approximate surface area is 162 Å². The summed E-state index contributed by atoms with van der Waals surface area (Å²) in [7, 11) is 7.02. The van der Waals surface area contributed by atoms with Crippen LogP contribution in [0.1, 0.15) is 71.6 Å². The molecule has 0 aromatic carbocycles. The predicted molar refractivity (Wildman–Crippen MR) is 109 cm³/mol. The van der Waals surface area contributed by atoms with Crippen molar-refractivity contribution in [1.29, 1.82) is 0 Å². The van der Waals surface area contributed by atoms with Crippen molar-refractivity contribution in [2.24, 2.45) is 40.4 Å². The summed E-state index contributed by atoms with van der Waals surface area (Å²) < 4.78 is 0. The Morgan fingerprint density at radius 3 is 2.42 bits per heavy atom. The van der Waals surface area contributed by atoms with Crippen molar-refractivity contribution in [3.63, 3.8) is 0 Å². The molecular weight excluding hydrogens is 316 g/mol. The van der Waals surface area contributed by atoms with Crippen LogP contribution in [0.25, 0.3) is 0 Å². The van der Waals surface area contributed by atoms with Crippen LogP contribution in [0.2, 0.25) is 0 Å². The summed E-state index contributed by atoms with van der Waals surface area (Å²) in [5.41, 5.74) is 1.37. The Kier molecular flexibility index (Phi) is 4.12. The SMILES string of the molecule is C[C@H]1[C@H]2CC[C@H]3[C@@H]4CCC5C[C@@H](N(C)C)CC[C@]5(C)[C@H]4CC[C@]23CN1C. The lowest BCUT2D eigenvalue weighted by Crippen LogP contribution is -2.55. The first-order valence-corrected chi connectivity index (χ1v) is 11.7. The highest BCUT2D eigenvalue weighted by Crippen LogP contribution is 2.69. The fourth-order valence-corrected chi connectivity index (χ4v) is 9.51. The second-order valence-corrected chi connectivity index (χ2v) is 11.7. The Bertz CT molecular complexity index is 558. The maximum absolute atomic E-state index is 2.73. The highest BCUT2D eigenvalue weighted by molar-refractivity contribution is 5.15. The smallest absolute Gasteiger partial charge is 0.00982 e. The molecule has 26 heavy (non-hydrogen) atoms. The molecule has 5 aliphatic rings. The van der Waals surface area contributed by atoms with Crippen molar-refractivity contribution in [1.82, 2.24) is 9.80 Å². The molecule has 1 saturated heterocycles. The molecule has 0 radical (unpaired) electrons. The van der Waals surface area contributed by atoms with E-state index in [1.807, 2.05) is 0 Å². The van der Waals surface area contributed by atoms with Gasteiger partial charge < -0.3 is 9.80 Å². The fraction of sp³-hybridized carbons (Fsp3) is 1.00. The summed E-state index contributed by atoms with van der Waals surface area (Å²) in [5, 5.41) is 0. The van der Waals surface area contributed by atoms with Gasteiger partial charge in [-0.15, -0.1) is 0 Å². The zero-order chi connectivity index (χ0) is 18.3. The Hall–Kier alpha value is -0.0800. The van der Waals surface area contributed by atoms with E-state index in [1.54, 1.807) is 25.7 Å². The summed E-state index contributed by atoms with van der Waals surface area (Å²) in [6.45, 7) is 6.67. The van der Waals surface area contributed by atoms with Crippen LogP contribution < -0.4 is 0 Å². The average Bonchev–Trinajstić information content (AvgIpc) is 3.08. The fourth-order valence-electron chi connectivity index (χ4n) is 9.51. The number of likely N-dealkylation sites (tertiary alicyclic amines) is 1. The molecule has 2 heteroatoms. The maximum atomic E-state index is 2.73. The molecule has 0 aromatic rings. The standard InChI is InChI=1S/C24H42N2/c1-16-20-8-9-22-19-7-6-17-14-18(25(3)4)10-12-23(17,2)21(19)11-13-24(20,22)15-26(16)5/h16-22H,6-15H2,1-5H3/t16-,17?,18-,19+,20+,21-,22-,23-,24-/m0/s1. The molecule has 148 valence electrons. The molecule has 0 aromatic heterocycles. The van der Waals surface area contributed by atoms with Crippen LogP contribution in [-0.2, 0) is 0 Å². The van der Waals surface area contributed by atoms with Gasteiger partial charge in [0.1, 0.15) is 0 Å². The predicted octanol–water partition coefficient (Wildman–Crippen LogP) is 4.89. The molecule has 1 aliphatic heterocycles. The van der Waals surface area contributed by atoms with Crippen molar-refractivity contribution in [2.45, 2.75) is 83.7 Å². The normalized spacial score (nSPS) is 56.8. The number of nitrogens with zero attached hydrogens (tertiary/aromatic N) is 2. The minimum Gasteiger partial charge on any atom is -0.306 e. The van der Waals surface area contributed by atoms with Gasteiger partial charge in [-0.25, -0.2) is 0 Å². The van der Waals surface area contributed by atoms with Gasteiger partial charge in [-0.2, -0.15) is 0 Å². The van der Waals surface area contributed by atoms with Crippen molar-refractivity contribution >= 4 is 0 Å².